The highest BCUT2D eigenvalue weighted by Crippen LogP contribution is 2.19. The number of primary amides is 1. The Morgan fingerprint density at radius 2 is 2.00 bits per heavy atom. The minimum absolute atomic E-state index is 0. The van der Waals surface area contributed by atoms with E-state index in [0.29, 0.717) is 18.9 Å². The van der Waals surface area contributed by atoms with E-state index in [2.05, 4.69) is 9.89 Å². The highest BCUT2D eigenvalue weighted by Gasteiger charge is 2.28. The Balaban J connectivity index is 0.00000180. The van der Waals surface area contributed by atoms with Gasteiger partial charge in [0.25, 0.3) is 0 Å². The SMILES string of the molecule is I.NC(=O)C1CCC(CN=C(N)N2CCSCC2)O1. The molecule has 2 fully saturated rings. The van der Waals surface area contributed by atoms with Crippen molar-refractivity contribution < 1.29 is 9.53 Å². The first kappa shape index (κ1) is 16.8. The normalized spacial score (nSPS) is 28.0. The van der Waals surface area contributed by atoms with Gasteiger partial charge >= 0.3 is 0 Å². The van der Waals surface area contributed by atoms with Crippen LogP contribution >= 0.6 is 35.7 Å². The molecule has 2 aliphatic heterocycles. The van der Waals surface area contributed by atoms with Crippen LogP contribution in [0.15, 0.2) is 4.99 Å². The van der Waals surface area contributed by atoms with E-state index in [1.165, 1.54) is 0 Å². The topological polar surface area (TPSA) is 93.9 Å². The van der Waals surface area contributed by atoms with Gasteiger partial charge in [0.2, 0.25) is 5.91 Å². The molecular weight excluding hydrogens is 379 g/mol. The molecule has 1 amide bonds. The average Bonchev–Trinajstić information content (AvgIpc) is 2.86. The first-order valence-electron chi connectivity index (χ1n) is 6.24. The zero-order chi connectivity index (χ0) is 13.0. The lowest BCUT2D eigenvalue weighted by Crippen LogP contribution is -2.43. The molecule has 4 N–H and O–H groups in total. The van der Waals surface area contributed by atoms with E-state index in [1.807, 2.05) is 11.8 Å². The number of amides is 1. The van der Waals surface area contributed by atoms with E-state index in [0.717, 1.165) is 31.0 Å². The van der Waals surface area contributed by atoms with Gasteiger partial charge in [0.1, 0.15) is 6.10 Å². The van der Waals surface area contributed by atoms with E-state index >= 15 is 0 Å². The van der Waals surface area contributed by atoms with Crippen LogP contribution < -0.4 is 11.5 Å². The minimum atomic E-state index is -0.446. The second kappa shape index (κ2) is 8.15. The molecular formula is C11H21IN4O2S. The van der Waals surface area contributed by atoms with E-state index in [4.69, 9.17) is 16.2 Å². The predicted octanol–water partition coefficient (Wildman–Crippen LogP) is 0.000800. The molecule has 0 spiro atoms. The summed E-state index contributed by atoms with van der Waals surface area (Å²) in [6, 6.07) is 0. The van der Waals surface area contributed by atoms with Crippen molar-refractivity contribution in [2.24, 2.45) is 16.5 Å². The number of carbonyl (C=O) groups is 1. The van der Waals surface area contributed by atoms with Crippen molar-refractivity contribution in [3.05, 3.63) is 0 Å². The number of nitrogens with zero attached hydrogens (tertiary/aromatic N) is 2. The molecule has 110 valence electrons. The molecule has 2 heterocycles. The van der Waals surface area contributed by atoms with Gasteiger partial charge in [-0.15, -0.1) is 24.0 Å². The molecule has 2 rings (SSSR count). The summed E-state index contributed by atoms with van der Waals surface area (Å²) in [5.74, 6) is 2.39. The van der Waals surface area contributed by atoms with Crippen molar-refractivity contribution in [3.8, 4) is 0 Å². The van der Waals surface area contributed by atoms with E-state index in [-0.39, 0.29) is 36.0 Å². The fourth-order valence-electron chi connectivity index (χ4n) is 2.14. The highest BCUT2D eigenvalue weighted by molar-refractivity contribution is 14.0. The Morgan fingerprint density at radius 1 is 1.32 bits per heavy atom. The Kier molecular flexibility index (Phi) is 7.22. The fraction of sp³-hybridized carbons (Fsp3) is 0.818. The van der Waals surface area contributed by atoms with Crippen LogP contribution in [0.3, 0.4) is 0 Å². The summed E-state index contributed by atoms with van der Waals surface area (Å²) in [6.45, 7) is 2.42. The molecule has 19 heavy (non-hydrogen) atoms. The zero-order valence-corrected chi connectivity index (χ0v) is 13.9. The van der Waals surface area contributed by atoms with E-state index < -0.39 is 6.10 Å². The van der Waals surface area contributed by atoms with Crippen LogP contribution in [0.25, 0.3) is 0 Å². The molecule has 0 bridgehead atoms. The number of carbonyl (C=O) groups excluding carboxylic acids is 1. The molecule has 2 saturated heterocycles. The van der Waals surface area contributed by atoms with E-state index in [1.54, 1.807) is 0 Å². The van der Waals surface area contributed by atoms with Gasteiger partial charge in [-0.05, 0) is 12.8 Å². The largest absolute Gasteiger partial charge is 0.370 e. The maximum atomic E-state index is 11.0. The highest BCUT2D eigenvalue weighted by atomic mass is 127. The summed E-state index contributed by atoms with van der Waals surface area (Å²) in [6.07, 6.45) is 1.04. The van der Waals surface area contributed by atoms with Crippen LogP contribution in [0.1, 0.15) is 12.8 Å². The molecule has 8 heteroatoms. The fourth-order valence-corrected chi connectivity index (χ4v) is 3.04. The van der Waals surface area contributed by atoms with Crippen molar-refractivity contribution in [2.45, 2.75) is 25.0 Å². The van der Waals surface area contributed by atoms with E-state index in [9.17, 15) is 4.79 Å². The molecule has 2 aliphatic rings. The lowest BCUT2D eigenvalue weighted by Gasteiger charge is -2.27. The first-order valence-corrected chi connectivity index (χ1v) is 7.39. The minimum Gasteiger partial charge on any atom is -0.370 e. The van der Waals surface area contributed by atoms with Crippen molar-refractivity contribution in [1.29, 1.82) is 0 Å². The van der Waals surface area contributed by atoms with Gasteiger partial charge in [-0.2, -0.15) is 11.8 Å². The molecule has 0 aromatic carbocycles. The number of hydrogen-bond acceptors (Lipinski definition) is 4. The molecule has 0 radical (unpaired) electrons. The van der Waals surface area contributed by atoms with Crippen LogP contribution in [0.2, 0.25) is 0 Å². The standard InChI is InChI=1S/C11H20N4O2S.HI/c12-10(16)9-2-1-8(17-9)7-14-11(13)15-3-5-18-6-4-15;/h8-9H,1-7H2,(H2,12,16)(H2,13,14);1H. The number of halogens is 1. The van der Waals surface area contributed by atoms with Crippen LogP contribution in [-0.4, -0.2) is 60.1 Å². The van der Waals surface area contributed by atoms with Gasteiger partial charge in [0.05, 0.1) is 12.6 Å². The summed E-state index contributed by atoms with van der Waals surface area (Å²) in [5, 5.41) is 0. The Bertz CT molecular complexity index is 337. The number of ether oxygens (including phenoxy) is 1. The lowest BCUT2D eigenvalue weighted by molar-refractivity contribution is -0.128. The number of hydrogen-bond donors (Lipinski definition) is 2. The van der Waals surface area contributed by atoms with Crippen LogP contribution in [-0.2, 0) is 9.53 Å². The van der Waals surface area contributed by atoms with Gasteiger partial charge in [-0.3, -0.25) is 9.79 Å². The molecule has 2 atom stereocenters. The number of rotatable bonds is 3. The number of nitrogens with two attached hydrogens (primary N) is 2. The van der Waals surface area contributed by atoms with Gasteiger partial charge in [-0.25, -0.2) is 0 Å². The summed E-state index contributed by atoms with van der Waals surface area (Å²) in [5.41, 5.74) is 11.1. The maximum absolute atomic E-state index is 11.0. The van der Waals surface area contributed by atoms with Crippen molar-refractivity contribution in [2.75, 3.05) is 31.1 Å². The maximum Gasteiger partial charge on any atom is 0.246 e. The van der Waals surface area contributed by atoms with Crippen molar-refractivity contribution in [1.82, 2.24) is 4.90 Å². The summed E-state index contributed by atoms with van der Waals surface area (Å²) in [7, 11) is 0. The molecule has 0 aromatic rings. The van der Waals surface area contributed by atoms with Crippen molar-refractivity contribution in [3.63, 3.8) is 0 Å². The molecule has 0 aromatic heterocycles. The monoisotopic (exact) mass is 400 g/mol. The van der Waals surface area contributed by atoms with Gasteiger partial charge in [0.15, 0.2) is 5.96 Å². The van der Waals surface area contributed by atoms with Gasteiger partial charge in [-0.1, -0.05) is 0 Å². The quantitative estimate of drug-likeness (QED) is 0.395. The van der Waals surface area contributed by atoms with Crippen LogP contribution in [0.4, 0.5) is 0 Å². The Labute approximate surface area is 134 Å². The molecule has 0 saturated carbocycles. The predicted molar refractivity (Wildman–Crippen MR) is 87.9 cm³/mol. The van der Waals surface area contributed by atoms with Crippen LogP contribution in [0.5, 0.6) is 0 Å². The Hall–Kier alpha value is -0.220. The molecule has 6 nitrogen and oxygen atoms in total. The third-order valence-electron chi connectivity index (χ3n) is 3.22. The second-order valence-corrected chi connectivity index (χ2v) is 5.75. The number of thioether (sulfide) groups is 1. The summed E-state index contributed by atoms with van der Waals surface area (Å²) < 4.78 is 5.50. The molecule has 2 unspecified atom stereocenters. The van der Waals surface area contributed by atoms with Crippen molar-refractivity contribution >= 4 is 47.6 Å². The second-order valence-electron chi connectivity index (χ2n) is 4.52. The summed E-state index contributed by atoms with van der Waals surface area (Å²) in [4.78, 5) is 17.4. The van der Waals surface area contributed by atoms with Gasteiger partial charge < -0.3 is 21.1 Å². The van der Waals surface area contributed by atoms with Crippen LogP contribution in [0, 0.1) is 0 Å². The number of aliphatic imine (C=N–C) groups is 1. The zero-order valence-electron chi connectivity index (χ0n) is 10.8. The summed E-state index contributed by atoms with van der Waals surface area (Å²) >= 11 is 1.93. The third-order valence-corrected chi connectivity index (χ3v) is 4.16. The van der Waals surface area contributed by atoms with Gasteiger partial charge in [0, 0.05) is 24.6 Å². The first-order chi connectivity index (χ1) is 8.66. The molecule has 0 aliphatic carbocycles. The third kappa shape index (κ3) is 4.99. The lowest BCUT2D eigenvalue weighted by atomic mass is 10.2. The smallest absolute Gasteiger partial charge is 0.246 e. The Morgan fingerprint density at radius 3 is 2.58 bits per heavy atom. The number of guanidine groups is 1. The average molecular weight is 400 g/mol.